The summed E-state index contributed by atoms with van der Waals surface area (Å²) in [5.74, 6) is -0.106. The number of hydrogen-bond acceptors (Lipinski definition) is 3. The first-order valence-corrected chi connectivity index (χ1v) is 8.90. The van der Waals surface area contributed by atoms with Gasteiger partial charge in [0.05, 0.1) is 11.4 Å². The number of anilines is 1. The van der Waals surface area contributed by atoms with Crippen LogP contribution >= 0.6 is 11.6 Å². The standard InChI is InChI=1S/C16H14ClN3O2S/c17-14-4-2-13(3-5-14)12-23(21,22)19-15-6-8-16(9-7-15)20-11-1-10-18-20/h1-11,19H,12H2. The normalized spacial score (nSPS) is 11.3. The molecule has 0 fully saturated rings. The van der Waals surface area contributed by atoms with Gasteiger partial charge in [0, 0.05) is 23.1 Å². The summed E-state index contributed by atoms with van der Waals surface area (Å²) in [6.07, 6.45) is 3.50. The highest BCUT2D eigenvalue weighted by Gasteiger charge is 2.12. The Kier molecular flexibility index (Phi) is 4.36. The maximum atomic E-state index is 12.2. The summed E-state index contributed by atoms with van der Waals surface area (Å²) >= 11 is 5.80. The Bertz CT molecular complexity index is 874. The average Bonchev–Trinajstić information content (AvgIpc) is 3.04. The fourth-order valence-corrected chi connectivity index (χ4v) is 3.44. The lowest BCUT2D eigenvalue weighted by atomic mass is 10.2. The van der Waals surface area contributed by atoms with Crippen LogP contribution in [0.1, 0.15) is 5.56 Å². The molecule has 0 radical (unpaired) electrons. The molecule has 0 bridgehead atoms. The van der Waals surface area contributed by atoms with E-state index < -0.39 is 10.0 Å². The molecular weight excluding hydrogens is 334 g/mol. The molecule has 7 heteroatoms. The molecule has 118 valence electrons. The zero-order chi connectivity index (χ0) is 16.3. The van der Waals surface area contributed by atoms with Crippen molar-refractivity contribution in [1.82, 2.24) is 9.78 Å². The predicted molar refractivity (Wildman–Crippen MR) is 91.3 cm³/mol. The van der Waals surface area contributed by atoms with Crippen LogP contribution in [0.2, 0.25) is 5.02 Å². The van der Waals surface area contributed by atoms with Crippen LogP contribution < -0.4 is 4.72 Å². The Labute approximate surface area is 139 Å². The lowest BCUT2D eigenvalue weighted by Crippen LogP contribution is -2.15. The van der Waals surface area contributed by atoms with E-state index in [1.54, 1.807) is 59.4 Å². The van der Waals surface area contributed by atoms with Gasteiger partial charge in [-0.1, -0.05) is 23.7 Å². The first-order valence-electron chi connectivity index (χ1n) is 6.87. The second kappa shape index (κ2) is 6.44. The van der Waals surface area contributed by atoms with Crippen LogP contribution in [-0.4, -0.2) is 18.2 Å². The van der Waals surface area contributed by atoms with Gasteiger partial charge in [-0.2, -0.15) is 5.10 Å². The van der Waals surface area contributed by atoms with Crippen molar-refractivity contribution >= 4 is 27.3 Å². The smallest absolute Gasteiger partial charge is 0.236 e. The number of nitrogens with zero attached hydrogens (tertiary/aromatic N) is 2. The summed E-state index contributed by atoms with van der Waals surface area (Å²) in [5, 5.41) is 4.70. The fourth-order valence-electron chi connectivity index (χ4n) is 2.12. The largest absolute Gasteiger partial charge is 0.283 e. The molecule has 0 aliphatic heterocycles. The number of nitrogens with one attached hydrogen (secondary N) is 1. The molecular formula is C16H14ClN3O2S. The van der Waals surface area contributed by atoms with Gasteiger partial charge in [-0.15, -0.1) is 0 Å². The highest BCUT2D eigenvalue weighted by Crippen LogP contribution is 2.17. The molecule has 0 amide bonds. The minimum absolute atomic E-state index is 0.106. The van der Waals surface area contributed by atoms with Crippen LogP contribution in [0.5, 0.6) is 0 Å². The van der Waals surface area contributed by atoms with Crippen molar-refractivity contribution in [2.24, 2.45) is 0 Å². The van der Waals surface area contributed by atoms with Crippen LogP contribution in [0, 0.1) is 0 Å². The van der Waals surface area contributed by atoms with E-state index in [1.807, 2.05) is 12.3 Å². The highest BCUT2D eigenvalue weighted by atomic mass is 35.5. The van der Waals surface area contributed by atoms with Crippen LogP contribution in [-0.2, 0) is 15.8 Å². The molecule has 0 spiro atoms. The van der Waals surface area contributed by atoms with Gasteiger partial charge in [0.2, 0.25) is 10.0 Å². The van der Waals surface area contributed by atoms with Gasteiger partial charge in [-0.25, -0.2) is 13.1 Å². The molecule has 0 unspecified atom stereocenters. The summed E-state index contributed by atoms with van der Waals surface area (Å²) < 4.78 is 28.7. The van der Waals surface area contributed by atoms with Gasteiger partial charge >= 0.3 is 0 Å². The Morgan fingerprint density at radius 3 is 2.35 bits per heavy atom. The third kappa shape index (κ3) is 4.12. The first-order chi connectivity index (χ1) is 11.0. The lowest BCUT2D eigenvalue weighted by Gasteiger charge is -2.09. The molecule has 1 aromatic heterocycles. The highest BCUT2D eigenvalue weighted by molar-refractivity contribution is 7.91. The zero-order valence-corrected chi connectivity index (χ0v) is 13.6. The summed E-state index contributed by atoms with van der Waals surface area (Å²) in [6, 6.07) is 15.6. The van der Waals surface area contributed by atoms with E-state index >= 15 is 0 Å². The van der Waals surface area contributed by atoms with E-state index in [2.05, 4.69) is 9.82 Å². The quantitative estimate of drug-likeness (QED) is 0.768. The molecule has 0 atom stereocenters. The number of hydrogen-bond donors (Lipinski definition) is 1. The van der Waals surface area contributed by atoms with Gasteiger partial charge in [0.15, 0.2) is 0 Å². The monoisotopic (exact) mass is 347 g/mol. The Balaban J connectivity index is 1.71. The van der Waals surface area contributed by atoms with Crippen molar-refractivity contribution in [3.63, 3.8) is 0 Å². The van der Waals surface area contributed by atoms with E-state index in [9.17, 15) is 8.42 Å². The lowest BCUT2D eigenvalue weighted by molar-refractivity contribution is 0.600. The molecule has 3 aromatic rings. The minimum atomic E-state index is -3.48. The Morgan fingerprint density at radius 1 is 1.04 bits per heavy atom. The number of benzene rings is 2. The molecule has 1 N–H and O–H groups in total. The van der Waals surface area contributed by atoms with E-state index in [0.717, 1.165) is 5.69 Å². The Hall–Kier alpha value is -2.31. The molecule has 0 saturated heterocycles. The van der Waals surface area contributed by atoms with Crippen molar-refractivity contribution < 1.29 is 8.42 Å². The second-order valence-electron chi connectivity index (χ2n) is 4.99. The van der Waals surface area contributed by atoms with Gasteiger partial charge in [0.1, 0.15) is 0 Å². The molecule has 0 aliphatic carbocycles. The van der Waals surface area contributed by atoms with E-state index in [0.29, 0.717) is 16.3 Å². The van der Waals surface area contributed by atoms with E-state index in [4.69, 9.17) is 11.6 Å². The summed E-state index contributed by atoms with van der Waals surface area (Å²) in [6.45, 7) is 0. The molecule has 2 aromatic carbocycles. The number of rotatable bonds is 5. The summed E-state index contributed by atoms with van der Waals surface area (Å²) in [4.78, 5) is 0. The topological polar surface area (TPSA) is 64.0 Å². The molecule has 5 nitrogen and oxygen atoms in total. The van der Waals surface area contributed by atoms with Crippen LogP contribution in [0.15, 0.2) is 67.0 Å². The SMILES string of the molecule is O=S(=O)(Cc1ccc(Cl)cc1)Nc1ccc(-n2cccn2)cc1. The number of halogens is 1. The van der Waals surface area contributed by atoms with Crippen molar-refractivity contribution in [3.8, 4) is 5.69 Å². The summed E-state index contributed by atoms with van der Waals surface area (Å²) in [5.41, 5.74) is 2.04. The van der Waals surface area contributed by atoms with Crippen LogP contribution in [0.3, 0.4) is 0 Å². The maximum Gasteiger partial charge on any atom is 0.236 e. The minimum Gasteiger partial charge on any atom is -0.283 e. The zero-order valence-electron chi connectivity index (χ0n) is 12.1. The second-order valence-corrected chi connectivity index (χ2v) is 7.14. The molecule has 23 heavy (non-hydrogen) atoms. The molecule has 0 aliphatic rings. The fraction of sp³-hybridized carbons (Fsp3) is 0.0625. The first kappa shape index (κ1) is 15.6. The average molecular weight is 348 g/mol. The van der Waals surface area contributed by atoms with Gasteiger partial charge < -0.3 is 0 Å². The van der Waals surface area contributed by atoms with E-state index in [-0.39, 0.29) is 5.75 Å². The molecule has 1 heterocycles. The van der Waals surface area contributed by atoms with Crippen LogP contribution in [0.4, 0.5) is 5.69 Å². The maximum absolute atomic E-state index is 12.2. The van der Waals surface area contributed by atoms with Crippen molar-refractivity contribution in [2.45, 2.75) is 5.75 Å². The Morgan fingerprint density at radius 2 is 1.74 bits per heavy atom. The third-order valence-corrected chi connectivity index (χ3v) is 4.69. The predicted octanol–water partition coefficient (Wildman–Crippen LogP) is 3.47. The third-order valence-electron chi connectivity index (χ3n) is 3.18. The van der Waals surface area contributed by atoms with Gasteiger partial charge in [0.25, 0.3) is 0 Å². The van der Waals surface area contributed by atoms with Crippen molar-refractivity contribution in [3.05, 3.63) is 77.6 Å². The summed E-state index contributed by atoms with van der Waals surface area (Å²) in [7, 11) is -3.48. The van der Waals surface area contributed by atoms with Crippen molar-refractivity contribution in [2.75, 3.05) is 4.72 Å². The van der Waals surface area contributed by atoms with Gasteiger partial charge in [-0.3, -0.25) is 4.72 Å². The number of aromatic nitrogens is 2. The van der Waals surface area contributed by atoms with Crippen LogP contribution in [0.25, 0.3) is 5.69 Å². The molecule has 0 saturated carbocycles. The van der Waals surface area contributed by atoms with Crippen molar-refractivity contribution in [1.29, 1.82) is 0 Å². The van der Waals surface area contributed by atoms with Gasteiger partial charge in [-0.05, 0) is 48.0 Å². The molecule has 3 rings (SSSR count). The van der Waals surface area contributed by atoms with E-state index in [1.165, 1.54) is 0 Å². The number of sulfonamides is 1.